The van der Waals surface area contributed by atoms with Crippen LogP contribution in [0.4, 0.5) is 0 Å². The summed E-state index contributed by atoms with van der Waals surface area (Å²) in [6.07, 6.45) is 0.136. The fourth-order valence-corrected chi connectivity index (χ4v) is 1.89. The van der Waals surface area contributed by atoms with Crippen molar-refractivity contribution in [3.05, 3.63) is 53.6 Å². The molecule has 5 heteroatoms. The maximum Gasteiger partial charge on any atom is 0.400 e. The van der Waals surface area contributed by atoms with Crippen LogP contribution in [0.25, 0.3) is 11.1 Å². The van der Waals surface area contributed by atoms with E-state index in [1.54, 1.807) is 25.1 Å². The summed E-state index contributed by atoms with van der Waals surface area (Å²) in [5.41, 5.74) is 2.27. The Morgan fingerprint density at radius 2 is 2.05 bits per heavy atom. The summed E-state index contributed by atoms with van der Waals surface area (Å²) in [7, 11) is 0. The van der Waals surface area contributed by atoms with Gasteiger partial charge in [0.1, 0.15) is 11.3 Å². The molecule has 0 aliphatic carbocycles. The number of carboxylic acids is 1. The third-order valence-electron chi connectivity index (χ3n) is 2.89. The first-order chi connectivity index (χ1) is 9.63. The summed E-state index contributed by atoms with van der Waals surface area (Å²) in [5.74, 6) is -0.455. The molecular weight excluding hydrogens is 258 g/mol. The van der Waals surface area contributed by atoms with Crippen molar-refractivity contribution in [2.75, 3.05) is 0 Å². The number of nitrogens with zero attached hydrogens (tertiary/aromatic N) is 1. The Labute approximate surface area is 114 Å². The molecule has 1 heterocycles. The monoisotopic (exact) mass is 269 g/mol. The van der Waals surface area contributed by atoms with E-state index in [0.717, 1.165) is 0 Å². The highest BCUT2D eigenvalue weighted by Crippen LogP contribution is 2.28. The van der Waals surface area contributed by atoms with Gasteiger partial charge in [0.15, 0.2) is 5.58 Å². The highest BCUT2D eigenvalue weighted by Gasteiger charge is 2.11. The van der Waals surface area contributed by atoms with E-state index in [9.17, 15) is 4.79 Å². The van der Waals surface area contributed by atoms with Gasteiger partial charge in [-0.1, -0.05) is 12.1 Å². The lowest BCUT2D eigenvalue weighted by Crippen LogP contribution is -1.97. The van der Waals surface area contributed by atoms with Gasteiger partial charge in [0.2, 0.25) is 0 Å². The largest absolute Gasteiger partial charge is 0.478 e. The molecule has 0 radical (unpaired) electrons. The maximum atomic E-state index is 10.9. The van der Waals surface area contributed by atoms with E-state index < -0.39 is 5.97 Å². The molecule has 0 atom stereocenters. The summed E-state index contributed by atoms with van der Waals surface area (Å²) in [6, 6.07) is 12.0. The van der Waals surface area contributed by atoms with Gasteiger partial charge in [-0.05, 0) is 42.8 Å². The van der Waals surface area contributed by atoms with Gasteiger partial charge in [-0.3, -0.25) is 0 Å². The van der Waals surface area contributed by atoms with Crippen LogP contribution in [0.3, 0.4) is 0 Å². The predicted octanol–water partition coefficient (Wildman–Crippen LogP) is 3.63. The third kappa shape index (κ3) is 2.21. The second kappa shape index (κ2) is 4.70. The number of aryl methyl sites for hydroxylation is 1. The maximum absolute atomic E-state index is 10.9. The normalized spacial score (nSPS) is 10.7. The zero-order chi connectivity index (χ0) is 14.1. The average molecular weight is 269 g/mol. The summed E-state index contributed by atoms with van der Waals surface area (Å²) in [5, 5.41) is 8.91. The van der Waals surface area contributed by atoms with E-state index >= 15 is 0 Å². The molecule has 0 saturated carbocycles. The van der Waals surface area contributed by atoms with Crippen LogP contribution < -0.4 is 4.74 Å². The first-order valence-corrected chi connectivity index (χ1v) is 6.01. The molecule has 1 aromatic heterocycles. The topological polar surface area (TPSA) is 72.6 Å². The number of hydrogen-bond donors (Lipinski definition) is 1. The molecule has 0 spiro atoms. The number of aromatic carboxylic acids is 1. The number of aromatic nitrogens is 1. The van der Waals surface area contributed by atoms with Crippen molar-refractivity contribution in [3.8, 4) is 11.8 Å². The van der Waals surface area contributed by atoms with Gasteiger partial charge in [-0.25, -0.2) is 4.79 Å². The van der Waals surface area contributed by atoms with Crippen LogP contribution in [0.5, 0.6) is 11.8 Å². The molecule has 0 bridgehead atoms. The van der Waals surface area contributed by atoms with Crippen LogP contribution in [0.15, 0.2) is 46.9 Å². The minimum Gasteiger partial charge on any atom is -0.478 e. The summed E-state index contributed by atoms with van der Waals surface area (Å²) >= 11 is 0. The second-order valence-electron chi connectivity index (χ2n) is 4.33. The molecule has 3 rings (SSSR count). The second-order valence-corrected chi connectivity index (χ2v) is 4.33. The Morgan fingerprint density at radius 1 is 1.25 bits per heavy atom. The lowest BCUT2D eigenvalue weighted by Gasteiger charge is -2.05. The van der Waals surface area contributed by atoms with E-state index in [-0.39, 0.29) is 11.6 Å². The van der Waals surface area contributed by atoms with Crippen molar-refractivity contribution in [2.45, 2.75) is 6.92 Å². The fraction of sp³-hybridized carbons (Fsp3) is 0.0667. The lowest BCUT2D eigenvalue weighted by molar-refractivity contribution is 0.0697. The van der Waals surface area contributed by atoms with Gasteiger partial charge in [0, 0.05) is 0 Å². The van der Waals surface area contributed by atoms with Crippen LogP contribution in [-0.2, 0) is 0 Å². The van der Waals surface area contributed by atoms with Crippen molar-refractivity contribution in [1.82, 2.24) is 4.98 Å². The standard InChI is InChI=1S/C15H11NO4/c1-9-8-10(14(17)18)6-7-12(9)19-15-16-11-4-2-3-5-13(11)20-15/h2-8H,1H3,(H,17,18). The molecule has 0 fully saturated rings. The fourth-order valence-electron chi connectivity index (χ4n) is 1.89. The molecular formula is C15H11NO4. The van der Waals surface area contributed by atoms with E-state index in [0.29, 0.717) is 22.4 Å². The van der Waals surface area contributed by atoms with Crippen molar-refractivity contribution in [1.29, 1.82) is 0 Å². The van der Waals surface area contributed by atoms with E-state index in [1.165, 1.54) is 6.07 Å². The molecule has 2 aromatic carbocycles. The van der Waals surface area contributed by atoms with Crippen LogP contribution in [0.2, 0.25) is 0 Å². The molecule has 0 saturated heterocycles. The van der Waals surface area contributed by atoms with E-state index in [2.05, 4.69) is 4.98 Å². The molecule has 0 amide bonds. The van der Waals surface area contributed by atoms with Gasteiger partial charge in [0.25, 0.3) is 0 Å². The highest BCUT2D eigenvalue weighted by atomic mass is 16.6. The van der Waals surface area contributed by atoms with Crippen molar-refractivity contribution in [3.63, 3.8) is 0 Å². The molecule has 0 unspecified atom stereocenters. The Balaban J connectivity index is 1.92. The van der Waals surface area contributed by atoms with E-state index in [1.807, 2.05) is 18.2 Å². The zero-order valence-electron chi connectivity index (χ0n) is 10.7. The SMILES string of the molecule is Cc1cc(C(=O)O)ccc1Oc1nc2ccccc2o1. The van der Waals surface area contributed by atoms with Gasteiger partial charge < -0.3 is 14.3 Å². The van der Waals surface area contributed by atoms with Gasteiger partial charge in [-0.2, -0.15) is 4.98 Å². The number of ether oxygens (including phenoxy) is 1. The molecule has 20 heavy (non-hydrogen) atoms. The number of oxazole rings is 1. The van der Waals surface area contributed by atoms with Gasteiger partial charge in [0.05, 0.1) is 5.56 Å². The molecule has 5 nitrogen and oxygen atoms in total. The van der Waals surface area contributed by atoms with Crippen molar-refractivity contribution < 1.29 is 19.1 Å². The highest BCUT2D eigenvalue weighted by molar-refractivity contribution is 5.88. The number of hydrogen-bond acceptors (Lipinski definition) is 4. The molecule has 0 aliphatic heterocycles. The molecule has 1 N–H and O–H groups in total. The number of benzene rings is 2. The van der Waals surface area contributed by atoms with Gasteiger partial charge in [-0.15, -0.1) is 0 Å². The number of para-hydroxylation sites is 2. The Bertz CT molecular complexity index is 758. The first kappa shape index (κ1) is 12.2. The predicted molar refractivity (Wildman–Crippen MR) is 72.2 cm³/mol. The van der Waals surface area contributed by atoms with Crippen LogP contribution in [0, 0.1) is 6.92 Å². The summed E-state index contributed by atoms with van der Waals surface area (Å²) in [6.45, 7) is 1.77. The average Bonchev–Trinajstić information content (AvgIpc) is 2.83. The Hall–Kier alpha value is -2.82. The quantitative estimate of drug-likeness (QED) is 0.786. The number of fused-ring (bicyclic) bond motifs is 1. The Kier molecular flexibility index (Phi) is 2.87. The number of rotatable bonds is 3. The van der Waals surface area contributed by atoms with Crippen LogP contribution in [-0.4, -0.2) is 16.1 Å². The zero-order valence-corrected chi connectivity index (χ0v) is 10.7. The summed E-state index contributed by atoms with van der Waals surface area (Å²) < 4.78 is 11.0. The smallest absolute Gasteiger partial charge is 0.400 e. The van der Waals surface area contributed by atoms with Crippen LogP contribution in [0.1, 0.15) is 15.9 Å². The third-order valence-corrected chi connectivity index (χ3v) is 2.89. The minimum absolute atomic E-state index is 0.136. The Morgan fingerprint density at radius 3 is 2.75 bits per heavy atom. The van der Waals surface area contributed by atoms with Gasteiger partial charge >= 0.3 is 12.0 Å². The lowest BCUT2D eigenvalue weighted by atomic mass is 10.1. The molecule has 3 aromatic rings. The number of carboxylic acid groups (broad SMARTS) is 1. The van der Waals surface area contributed by atoms with Crippen LogP contribution >= 0.6 is 0 Å². The van der Waals surface area contributed by atoms with Crippen molar-refractivity contribution in [2.24, 2.45) is 0 Å². The molecule has 100 valence electrons. The number of carbonyl (C=O) groups is 1. The van der Waals surface area contributed by atoms with Crippen molar-refractivity contribution >= 4 is 17.1 Å². The minimum atomic E-state index is -0.971. The summed E-state index contributed by atoms with van der Waals surface area (Å²) in [4.78, 5) is 15.1. The first-order valence-electron chi connectivity index (χ1n) is 6.01. The van der Waals surface area contributed by atoms with E-state index in [4.69, 9.17) is 14.3 Å². The molecule has 0 aliphatic rings.